The van der Waals surface area contributed by atoms with Gasteiger partial charge in [-0.1, -0.05) is 17.7 Å². The van der Waals surface area contributed by atoms with Crippen LogP contribution in [0.25, 0.3) is 0 Å². The largest absolute Gasteiger partial charge is 0.493 e. The van der Waals surface area contributed by atoms with Gasteiger partial charge in [0.05, 0.1) is 17.7 Å². The molecule has 0 spiro atoms. The molecule has 21 heavy (non-hydrogen) atoms. The minimum atomic E-state index is 0.00845. The number of fused-ring (bicyclic) bond motifs is 1. The molecule has 0 radical (unpaired) electrons. The second kappa shape index (κ2) is 6.26. The molecule has 0 fully saturated rings. The second-order valence-electron chi connectivity index (χ2n) is 4.86. The van der Waals surface area contributed by atoms with Gasteiger partial charge in [0.15, 0.2) is 0 Å². The molecule has 0 aliphatic carbocycles. The van der Waals surface area contributed by atoms with Crippen molar-refractivity contribution in [1.82, 2.24) is 0 Å². The molecule has 5 heteroatoms. The molecular weight excluding hydrogens is 356 g/mol. The van der Waals surface area contributed by atoms with E-state index in [0.717, 1.165) is 39.1 Å². The minimum Gasteiger partial charge on any atom is -0.493 e. The van der Waals surface area contributed by atoms with Crippen molar-refractivity contribution in [2.24, 2.45) is 0 Å². The van der Waals surface area contributed by atoms with Gasteiger partial charge in [0.1, 0.15) is 18.1 Å². The Bertz CT molecular complexity index is 673. The van der Waals surface area contributed by atoms with Crippen LogP contribution in [0, 0.1) is 0 Å². The Hall–Kier alpha value is -1.23. The van der Waals surface area contributed by atoms with Crippen LogP contribution in [0.3, 0.4) is 0 Å². The van der Waals surface area contributed by atoms with E-state index in [0.29, 0.717) is 18.2 Å². The monoisotopic (exact) mass is 368 g/mol. The number of aliphatic hydroxyl groups is 1. The fraction of sp³-hybridized carbons (Fsp3) is 0.250. The van der Waals surface area contributed by atoms with E-state index in [2.05, 4.69) is 15.9 Å². The first kappa shape index (κ1) is 14.7. The van der Waals surface area contributed by atoms with Gasteiger partial charge in [0.25, 0.3) is 0 Å². The number of halogens is 2. The number of hydrogen-bond donors (Lipinski definition) is 1. The van der Waals surface area contributed by atoms with Crippen LogP contribution in [0.1, 0.15) is 16.7 Å². The zero-order chi connectivity index (χ0) is 14.8. The Labute approximate surface area is 136 Å². The highest BCUT2D eigenvalue weighted by Gasteiger charge is 2.18. The smallest absolute Gasteiger partial charge is 0.134 e. The topological polar surface area (TPSA) is 38.7 Å². The van der Waals surface area contributed by atoms with Crippen molar-refractivity contribution in [2.75, 3.05) is 6.61 Å². The van der Waals surface area contributed by atoms with E-state index in [4.69, 9.17) is 26.2 Å². The van der Waals surface area contributed by atoms with Gasteiger partial charge in [0, 0.05) is 17.0 Å². The van der Waals surface area contributed by atoms with Crippen molar-refractivity contribution in [3.05, 3.63) is 56.5 Å². The van der Waals surface area contributed by atoms with Crippen LogP contribution in [0.2, 0.25) is 5.02 Å². The summed E-state index contributed by atoms with van der Waals surface area (Å²) in [7, 11) is 0. The van der Waals surface area contributed by atoms with Crippen molar-refractivity contribution >= 4 is 27.5 Å². The standard InChI is InChI=1S/C16H14BrClO3/c17-14-5-10(8-19)1-2-15(14)21-9-12-7-13(18)6-11-3-4-20-16(11)12/h1-2,5-7,19H,3-4,8-9H2. The molecule has 0 saturated carbocycles. The third-order valence-corrected chi connectivity index (χ3v) is 4.23. The molecule has 110 valence electrons. The average Bonchev–Trinajstić information content (AvgIpc) is 2.93. The fourth-order valence-electron chi connectivity index (χ4n) is 2.37. The molecule has 1 aliphatic rings. The summed E-state index contributed by atoms with van der Waals surface area (Å²) in [6, 6.07) is 9.33. The second-order valence-corrected chi connectivity index (χ2v) is 6.15. The average molecular weight is 370 g/mol. The molecule has 0 saturated heterocycles. The van der Waals surface area contributed by atoms with Crippen LogP contribution in [0.5, 0.6) is 11.5 Å². The molecule has 1 N–H and O–H groups in total. The molecular formula is C16H14BrClO3. The quantitative estimate of drug-likeness (QED) is 0.881. The van der Waals surface area contributed by atoms with Crippen LogP contribution in [0.4, 0.5) is 0 Å². The van der Waals surface area contributed by atoms with Gasteiger partial charge in [-0.15, -0.1) is 0 Å². The molecule has 0 unspecified atom stereocenters. The van der Waals surface area contributed by atoms with Crippen LogP contribution in [0.15, 0.2) is 34.8 Å². The van der Waals surface area contributed by atoms with E-state index in [1.165, 1.54) is 0 Å². The Morgan fingerprint density at radius 2 is 2.14 bits per heavy atom. The number of ether oxygens (including phenoxy) is 2. The normalized spacial score (nSPS) is 12.9. The first-order valence-corrected chi connectivity index (χ1v) is 7.80. The van der Waals surface area contributed by atoms with Crippen LogP contribution in [-0.2, 0) is 19.6 Å². The summed E-state index contributed by atoms with van der Waals surface area (Å²) < 4.78 is 12.3. The number of aliphatic hydroxyl groups excluding tert-OH is 1. The van der Waals surface area contributed by atoms with E-state index in [1.54, 1.807) is 0 Å². The molecule has 0 atom stereocenters. The van der Waals surface area contributed by atoms with Gasteiger partial charge >= 0.3 is 0 Å². The van der Waals surface area contributed by atoms with Crippen molar-refractivity contribution in [2.45, 2.75) is 19.6 Å². The maximum Gasteiger partial charge on any atom is 0.134 e. The van der Waals surface area contributed by atoms with Crippen LogP contribution < -0.4 is 9.47 Å². The summed E-state index contributed by atoms with van der Waals surface area (Å²) in [4.78, 5) is 0. The summed E-state index contributed by atoms with van der Waals surface area (Å²) in [6.07, 6.45) is 0.887. The third kappa shape index (κ3) is 3.18. The molecule has 1 aliphatic heterocycles. The van der Waals surface area contributed by atoms with E-state index < -0.39 is 0 Å². The lowest BCUT2D eigenvalue weighted by molar-refractivity contribution is 0.279. The van der Waals surface area contributed by atoms with E-state index >= 15 is 0 Å². The predicted molar refractivity (Wildman–Crippen MR) is 85.0 cm³/mol. The van der Waals surface area contributed by atoms with Crippen molar-refractivity contribution in [1.29, 1.82) is 0 Å². The molecule has 3 rings (SSSR count). The molecule has 1 heterocycles. The van der Waals surface area contributed by atoms with Crippen molar-refractivity contribution in [3.63, 3.8) is 0 Å². The van der Waals surface area contributed by atoms with E-state index in [-0.39, 0.29) is 6.61 Å². The Morgan fingerprint density at radius 1 is 1.29 bits per heavy atom. The summed E-state index contributed by atoms with van der Waals surface area (Å²) in [5, 5.41) is 9.81. The minimum absolute atomic E-state index is 0.00845. The summed E-state index contributed by atoms with van der Waals surface area (Å²) in [6.45, 7) is 1.09. The van der Waals surface area contributed by atoms with Gasteiger partial charge in [-0.2, -0.15) is 0 Å². The van der Waals surface area contributed by atoms with Crippen LogP contribution in [-0.4, -0.2) is 11.7 Å². The Balaban J connectivity index is 1.79. The van der Waals surface area contributed by atoms with Gasteiger partial charge in [-0.25, -0.2) is 0 Å². The number of hydrogen-bond acceptors (Lipinski definition) is 3. The maximum absolute atomic E-state index is 9.10. The molecule has 0 bridgehead atoms. The van der Waals surface area contributed by atoms with Gasteiger partial charge in [-0.3, -0.25) is 0 Å². The van der Waals surface area contributed by atoms with E-state index in [9.17, 15) is 0 Å². The van der Waals surface area contributed by atoms with Gasteiger partial charge in [0.2, 0.25) is 0 Å². The highest BCUT2D eigenvalue weighted by molar-refractivity contribution is 9.10. The zero-order valence-corrected chi connectivity index (χ0v) is 13.6. The Morgan fingerprint density at radius 3 is 2.90 bits per heavy atom. The van der Waals surface area contributed by atoms with Gasteiger partial charge in [-0.05, 0) is 51.3 Å². The lowest BCUT2D eigenvalue weighted by Gasteiger charge is -2.12. The highest BCUT2D eigenvalue weighted by atomic mass is 79.9. The predicted octanol–water partition coefficient (Wildman–Crippen LogP) is 4.11. The lowest BCUT2D eigenvalue weighted by Crippen LogP contribution is -1.99. The van der Waals surface area contributed by atoms with Gasteiger partial charge < -0.3 is 14.6 Å². The first-order chi connectivity index (χ1) is 10.2. The maximum atomic E-state index is 9.10. The Kier molecular flexibility index (Phi) is 4.38. The number of rotatable bonds is 4. The molecule has 2 aromatic rings. The van der Waals surface area contributed by atoms with E-state index in [1.807, 2.05) is 30.3 Å². The third-order valence-electron chi connectivity index (χ3n) is 3.39. The first-order valence-electron chi connectivity index (χ1n) is 6.63. The SMILES string of the molecule is OCc1ccc(OCc2cc(Cl)cc3c2OCC3)c(Br)c1. The molecule has 0 amide bonds. The summed E-state index contributed by atoms with van der Waals surface area (Å²) >= 11 is 9.58. The van der Waals surface area contributed by atoms with Crippen molar-refractivity contribution in [3.8, 4) is 11.5 Å². The molecule has 3 nitrogen and oxygen atoms in total. The van der Waals surface area contributed by atoms with Crippen molar-refractivity contribution < 1.29 is 14.6 Å². The summed E-state index contributed by atoms with van der Waals surface area (Å²) in [5.74, 6) is 1.61. The number of benzene rings is 2. The highest BCUT2D eigenvalue weighted by Crippen LogP contribution is 2.34. The van der Waals surface area contributed by atoms with Crippen LogP contribution >= 0.6 is 27.5 Å². The zero-order valence-electron chi connectivity index (χ0n) is 11.2. The molecule has 2 aromatic carbocycles. The summed E-state index contributed by atoms with van der Waals surface area (Å²) in [5.41, 5.74) is 2.92. The molecule has 0 aromatic heterocycles. The fourth-order valence-corrected chi connectivity index (χ4v) is 3.17. The lowest BCUT2D eigenvalue weighted by atomic mass is 10.1.